The number of ether oxygens (including phenoxy) is 1. The van der Waals surface area contributed by atoms with Gasteiger partial charge in [0.2, 0.25) is 5.95 Å². The monoisotopic (exact) mass is 420 g/mol. The fraction of sp³-hybridized carbons (Fsp3) is 0.190. The van der Waals surface area contributed by atoms with Crippen LogP contribution in [0.5, 0.6) is 0 Å². The second-order valence-corrected chi connectivity index (χ2v) is 6.85. The van der Waals surface area contributed by atoms with Crippen molar-refractivity contribution in [3.63, 3.8) is 0 Å². The number of imidazole rings is 1. The van der Waals surface area contributed by atoms with Crippen LogP contribution in [0.3, 0.4) is 0 Å². The van der Waals surface area contributed by atoms with E-state index in [9.17, 15) is 9.59 Å². The molecular formula is C21H20N6O4. The number of anilines is 1. The molecule has 0 saturated carbocycles. The molecule has 0 bridgehead atoms. The first-order chi connectivity index (χ1) is 14.9. The number of hydrogen-bond acceptors (Lipinski definition) is 9. The second-order valence-electron chi connectivity index (χ2n) is 6.85. The van der Waals surface area contributed by atoms with Crippen LogP contribution in [0.15, 0.2) is 59.5 Å². The van der Waals surface area contributed by atoms with Crippen LogP contribution in [0.4, 0.5) is 5.95 Å². The largest absolute Gasteiger partial charge is 0.464 e. The summed E-state index contributed by atoms with van der Waals surface area (Å²) in [6, 6.07) is 12.3. The maximum atomic E-state index is 13.5. The first-order valence-electron chi connectivity index (χ1n) is 9.53. The summed E-state index contributed by atoms with van der Waals surface area (Å²) in [6.45, 7) is 1.71. The molecule has 4 rings (SSSR count). The summed E-state index contributed by atoms with van der Waals surface area (Å²) in [5.41, 5.74) is 11.7. The molecule has 0 radical (unpaired) electrons. The highest BCUT2D eigenvalue weighted by molar-refractivity contribution is 6.11. The summed E-state index contributed by atoms with van der Waals surface area (Å²) in [5, 5.41) is 0. The molecule has 10 heteroatoms. The van der Waals surface area contributed by atoms with Gasteiger partial charge in [0, 0.05) is 6.42 Å². The van der Waals surface area contributed by atoms with E-state index >= 15 is 0 Å². The van der Waals surface area contributed by atoms with Crippen LogP contribution in [0.25, 0.3) is 22.6 Å². The summed E-state index contributed by atoms with van der Waals surface area (Å²) < 4.78 is 11.6. The number of carbonyl (C=O) groups is 2. The van der Waals surface area contributed by atoms with Crippen molar-refractivity contribution in [1.82, 2.24) is 19.5 Å². The first kappa shape index (κ1) is 20.2. The molecule has 0 spiro atoms. The Morgan fingerprint density at radius 3 is 2.61 bits per heavy atom. The minimum Gasteiger partial charge on any atom is -0.464 e. The fourth-order valence-corrected chi connectivity index (χ4v) is 3.28. The van der Waals surface area contributed by atoms with Crippen molar-refractivity contribution < 1.29 is 18.7 Å². The summed E-state index contributed by atoms with van der Waals surface area (Å²) in [7, 11) is 0. The fourth-order valence-electron chi connectivity index (χ4n) is 3.28. The Hall–Kier alpha value is -4.05. The van der Waals surface area contributed by atoms with E-state index in [1.807, 2.05) is 6.07 Å². The highest BCUT2D eigenvalue weighted by Crippen LogP contribution is 2.27. The molecule has 10 nitrogen and oxygen atoms in total. The topological polar surface area (TPSA) is 152 Å². The molecule has 0 aliphatic carbocycles. The minimum absolute atomic E-state index is 0.0717. The molecule has 1 unspecified atom stereocenters. The van der Waals surface area contributed by atoms with E-state index in [2.05, 4.69) is 15.0 Å². The normalized spacial score (nSPS) is 13.1. The maximum Gasteiger partial charge on any atom is 0.336 e. The number of aromatic nitrogens is 4. The third-order valence-electron chi connectivity index (χ3n) is 4.73. The van der Waals surface area contributed by atoms with Crippen molar-refractivity contribution in [2.24, 2.45) is 5.73 Å². The Morgan fingerprint density at radius 1 is 1.16 bits per heavy atom. The number of nitrogen functional groups attached to an aromatic ring is 1. The maximum absolute atomic E-state index is 13.5. The van der Waals surface area contributed by atoms with Gasteiger partial charge in [-0.05, 0) is 24.6 Å². The van der Waals surface area contributed by atoms with E-state index in [0.29, 0.717) is 17.0 Å². The Labute approximate surface area is 176 Å². The molecule has 4 N–H and O–H groups in total. The van der Waals surface area contributed by atoms with Gasteiger partial charge in [-0.15, -0.1) is 0 Å². The molecule has 1 atom stereocenters. The Balaban J connectivity index is 1.83. The number of esters is 1. The molecule has 158 valence electrons. The van der Waals surface area contributed by atoms with Crippen molar-refractivity contribution in [2.75, 3.05) is 12.3 Å². The van der Waals surface area contributed by atoms with Crippen LogP contribution < -0.4 is 11.5 Å². The van der Waals surface area contributed by atoms with E-state index in [-0.39, 0.29) is 30.1 Å². The SMILES string of the molecule is CCOC(=O)C(N)(Cc1ccccc1)C(=O)n1cnc2c(-c3ccco3)nc(N)nc21. The third-order valence-corrected chi connectivity index (χ3v) is 4.73. The van der Waals surface area contributed by atoms with Crippen molar-refractivity contribution in [2.45, 2.75) is 18.9 Å². The average molecular weight is 420 g/mol. The number of furan rings is 1. The zero-order valence-corrected chi connectivity index (χ0v) is 16.7. The average Bonchev–Trinajstić information content (AvgIpc) is 3.43. The minimum atomic E-state index is -2.00. The van der Waals surface area contributed by atoms with Gasteiger partial charge < -0.3 is 20.6 Å². The summed E-state index contributed by atoms with van der Waals surface area (Å²) >= 11 is 0. The van der Waals surface area contributed by atoms with E-state index in [1.165, 1.54) is 12.6 Å². The van der Waals surface area contributed by atoms with Gasteiger partial charge in [-0.25, -0.2) is 14.8 Å². The highest BCUT2D eigenvalue weighted by Gasteiger charge is 2.45. The number of rotatable bonds is 6. The van der Waals surface area contributed by atoms with Gasteiger partial charge in [0.15, 0.2) is 16.9 Å². The lowest BCUT2D eigenvalue weighted by Gasteiger charge is -2.25. The van der Waals surface area contributed by atoms with Gasteiger partial charge in [-0.3, -0.25) is 9.36 Å². The zero-order chi connectivity index (χ0) is 22.0. The predicted octanol–water partition coefficient (Wildman–Crippen LogP) is 1.81. The molecule has 0 amide bonds. The van der Waals surface area contributed by atoms with Crippen LogP contribution in [0.2, 0.25) is 0 Å². The Kier molecular flexibility index (Phi) is 5.22. The number of hydrogen-bond donors (Lipinski definition) is 2. The molecule has 4 aromatic rings. The second kappa shape index (κ2) is 8.00. The van der Waals surface area contributed by atoms with Gasteiger partial charge >= 0.3 is 5.97 Å². The number of nitrogens with two attached hydrogens (primary N) is 2. The molecule has 0 saturated heterocycles. The predicted molar refractivity (Wildman–Crippen MR) is 112 cm³/mol. The van der Waals surface area contributed by atoms with E-state index in [1.54, 1.807) is 43.3 Å². The molecule has 0 fully saturated rings. The van der Waals surface area contributed by atoms with Crippen LogP contribution in [-0.2, 0) is 16.0 Å². The van der Waals surface area contributed by atoms with Gasteiger partial charge in [0.1, 0.15) is 17.5 Å². The molecule has 3 heterocycles. The molecule has 31 heavy (non-hydrogen) atoms. The molecular weight excluding hydrogens is 400 g/mol. The van der Waals surface area contributed by atoms with Gasteiger partial charge in [0.05, 0.1) is 12.9 Å². The number of carbonyl (C=O) groups excluding carboxylic acids is 2. The van der Waals surface area contributed by atoms with Gasteiger partial charge in [-0.1, -0.05) is 30.3 Å². The van der Waals surface area contributed by atoms with Gasteiger partial charge in [0.25, 0.3) is 5.91 Å². The van der Waals surface area contributed by atoms with Gasteiger partial charge in [-0.2, -0.15) is 4.98 Å². The smallest absolute Gasteiger partial charge is 0.336 e. The lowest BCUT2D eigenvalue weighted by molar-refractivity contribution is -0.147. The summed E-state index contributed by atoms with van der Waals surface area (Å²) in [6.07, 6.45) is 2.64. The Morgan fingerprint density at radius 2 is 1.94 bits per heavy atom. The van der Waals surface area contributed by atoms with Crippen molar-refractivity contribution in [1.29, 1.82) is 0 Å². The lowest BCUT2D eigenvalue weighted by Crippen LogP contribution is -2.59. The van der Waals surface area contributed by atoms with Crippen molar-refractivity contribution in [3.05, 3.63) is 60.6 Å². The summed E-state index contributed by atoms with van der Waals surface area (Å²) in [5.74, 6) is -1.28. The van der Waals surface area contributed by atoms with Crippen molar-refractivity contribution in [3.8, 4) is 11.5 Å². The van der Waals surface area contributed by atoms with Crippen LogP contribution in [-0.4, -0.2) is 43.5 Å². The molecule has 3 aromatic heterocycles. The zero-order valence-electron chi connectivity index (χ0n) is 16.7. The standard InChI is InChI=1S/C21H20N6O4/c1-2-30-19(29)21(23,11-13-7-4-3-5-8-13)18(28)27-12-24-16-15(14-9-6-10-31-14)25-20(22)26-17(16)27/h3-10,12H,2,11,23H2,1H3,(H2,22,25,26). The molecule has 1 aromatic carbocycles. The van der Waals surface area contributed by atoms with Crippen LogP contribution >= 0.6 is 0 Å². The quantitative estimate of drug-likeness (QED) is 0.351. The van der Waals surface area contributed by atoms with Crippen LogP contribution in [0, 0.1) is 0 Å². The van der Waals surface area contributed by atoms with E-state index in [0.717, 1.165) is 4.57 Å². The van der Waals surface area contributed by atoms with Crippen LogP contribution in [0.1, 0.15) is 17.3 Å². The highest BCUT2D eigenvalue weighted by atomic mass is 16.5. The number of fused-ring (bicyclic) bond motifs is 1. The molecule has 0 aliphatic heterocycles. The third kappa shape index (κ3) is 3.64. The lowest BCUT2D eigenvalue weighted by atomic mass is 9.90. The first-order valence-corrected chi connectivity index (χ1v) is 9.53. The number of nitrogens with zero attached hydrogens (tertiary/aromatic N) is 4. The molecule has 0 aliphatic rings. The van der Waals surface area contributed by atoms with E-state index < -0.39 is 17.4 Å². The van der Waals surface area contributed by atoms with Crippen molar-refractivity contribution >= 4 is 29.0 Å². The number of benzene rings is 1. The van der Waals surface area contributed by atoms with E-state index in [4.69, 9.17) is 20.6 Å². The Bertz CT molecular complexity index is 1240. The summed E-state index contributed by atoms with van der Waals surface area (Å²) in [4.78, 5) is 38.9.